The summed E-state index contributed by atoms with van der Waals surface area (Å²) < 4.78 is 28.3. The SMILES string of the molecule is CSc1cccc(NC(=O)CN(c2cccc(C)c2C)S(=O)(=O)c2ccc(C)cc2)c1. The van der Waals surface area contributed by atoms with Crippen LogP contribution in [0.3, 0.4) is 0 Å². The van der Waals surface area contributed by atoms with Crippen molar-refractivity contribution in [1.29, 1.82) is 0 Å². The molecule has 31 heavy (non-hydrogen) atoms. The summed E-state index contributed by atoms with van der Waals surface area (Å²) in [5.74, 6) is -0.408. The molecular formula is C24H26N2O3S2. The van der Waals surface area contributed by atoms with Crippen LogP contribution < -0.4 is 9.62 Å². The number of hydrogen-bond acceptors (Lipinski definition) is 4. The fourth-order valence-electron chi connectivity index (χ4n) is 3.17. The van der Waals surface area contributed by atoms with Gasteiger partial charge < -0.3 is 5.32 Å². The number of benzene rings is 3. The fraction of sp³-hybridized carbons (Fsp3) is 0.208. The molecule has 0 unspecified atom stereocenters. The Balaban J connectivity index is 1.98. The van der Waals surface area contributed by atoms with E-state index >= 15 is 0 Å². The Labute approximate surface area is 188 Å². The summed E-state index contributed by atoms with van der Waals surface area (Å²) in [6.45, 7) is 5.35. The van der Waals surface area contributed by atoms with Crippen LogP contribution in [-0.4, -0.2) is 27.1 Å². The number of rotatable bonds is 7. The van der Waals surface area contributed by atoms with E-state index in [2.05, 4.69) is 5.32 Å². The molecule has 7 heteroatoms. The monoisotopic (exact) mass is 454 g/mol. The van der Waals surface area contributed by atoms with Crippen molar-refractivity contribution >= 4 is 39.1 Å². The molecule has 1 N–H and O–H groups in total. The molecule has 0 saturated heterocycles. The molecule has 162 valence electrons. The molecule has 5 nitrogen and oxygen atoms in total. The lowest BCUT2D eigenvalue weighted by Gasteiger charge is -2.26. The van der Waals surface area contributed by atoms with E-state index in [-0.39, 0.29) is 11.4 Å². The van der Waals surface area contributed by atoms with Crippen molar-refractivity contribution in [2.75, 3.05) is 22.4 Å². The van der Waals surface area contributed by atoms with Crippen molar-refractivity contribution in [2.24, 2.45) is 0 Å². The summed E-state index contributed by atoms with van der Waals surface area (Å²) >= 11 is 1.57. The van der Waals surface area contributed by atoms with E-state index in [4.69, 9.17) is 0 Å². The minimum atomic E-state index is -3.94. The van der Waals surface area contributed by atoms with Gasteiger partial charge in [0.2, 0.25) is 5.91 Å². The highest BCUT2D eigenvalue weighted by atomic mass is 32.2. The number of nitrogens with one attached hydrogen (secondary N) is 1. The standard InChI is InChI=1S/C24H26N2O3S2/c1-17-11-13-22(14-12-17)31(28,29)26(23-10-5-7-18(2)19(23)3)16-24(27)25-20-8-6-9-21(15-20)30-4/h5-15H,16H2,1-4H3,(H,25,27). The quantitative estimate of drug-likeness (QED) is 0.500. The van der Waals surface area contributed by atoms with Gasteiger partial charge in [-0.1, -0.05) is 35.9 Å². The smallest absolute Gasteiger partial charge is 0.264 e. The first-order valence-electron chi connectivity index (χ1n) is 9.82. The number of nitrogens with zero attached hydrogens (tertiary/aromatic N) is 1. The van der Waals surface area contributed by atoms with Gasteiger partial charge in [-0.25, -0.2) is 8.42 Å². The highest BCUT2D eigenvalue weighted by Crippen LogP contribution is 2.29. The molecule has 0 aliphatic heterocycles. The Bertz CT molecular complexity index is 1190. The Hall–Kier alpha value is -2.77. The third-order valence-electron chi connectivity index (χ3n) is 5.09. The number of aryl methyl sites for hydroxylation is 2. The van der Waals surface area contributed by atoms with Crippen LogP contribution in [0, 0.1) is 20.8 Å². The Morgan fingerprint density at radius 2 is 1.65 bits per heavy atom. The van der Waals surface area contributed by atoms with E-state index in [1.807, 2.05) is 51.3 Å². The molecule has 0 radical (unpaired) electrons. The molecule has 3 aromatic carbocycles. The van der Waals surface area contributed by atoms with E-state index in [0.29, 0.717) is 11.4 Å². The van der Waals surface area contributed by atoms with E-state index in [0.717, 1.165) is 21.6 Å². The van der Waals surface area contributed by atoms with Gasteiger partial charge >= 0.3 is 0 Å². The minimum Gasteiger partial charge on any atom is -0.324 e. The normalized spacial score (nSPS) is 11.2. The largest absolute Gasteiger partial charge is 0.324 e. The van der Waals surface area contributed by atoms with Crippen LogP contribution >= 0.6 is 11.8 Å². The van der Waals surface area contributed by atoms with Gasteiger partial charge in [0.05, 0.1) is 10.6 Å². The van der Waals surface area contributed by atoms with Gasteiger partial charge in [0.25, 0.3) is 10.0 Å². The van der Waals surface area contributed by atoms with Crippen LogP contribution in [0.4, 0.5) is 11.4 Å². The number of anilines is 2. The van der Waals surface area contributed by atoms with Crippen LogP contribution in [0.25, 0.3) is 0 Å². The maximum absolute atomic E-state index is 13.5. The van der Waals surface area contributed by atoms with Crippen molar-refractivity contribution in [3.8, 4) is 0 Å². The minimum absolute atomic E-state index is 0.149. The molecule has 0 aliphatic carbocycles. The first kappa shape index (κ1) is 22.9. The molecule has 3 aromatic rings. The maximum atomic E-state index is 13.5. The van der Waals surface area contributed by atoms with Crippen LogP contribution in [0.2, 0.25) is 0 Å². The third-order valence-corrected chi connectivity index (χ3v) is 7.59. The summed E-state index contributed by atoms with van der Waals surface area (Å²) in [6.07, 6.45) is 1.96. The molecule has 0 aromatic heterocycles. The zero-order chi connectivity index (χ0) is 22.6. The molecule has 0 saturated carbocycles. The maximum Gasteiger partial charge on any atom is 0.264 e. The van der Waals surface area contributed by atoms with E-state index < -0.39 is 15.9 Å². The van der Waals surface area contributed by atoms with Gasteiger partial charge in [0.1, 0.15) is 6.54 Å². The van der Waals surface area contributed by atoms with Crippen LogP contribution in [-0.2, 0) is 14.8 Å². The first-order chi connectivity index (χ1) is 14.7. The lowest BCUT2D eigenvalue weighted by Crippen LogP contribution is -2.38. The number of carbonyl (C=O) groups is 1. The third kappa shape index (κ3) is 5.29. The lowest BCUT2D eigenvalue weighted by atomic mass is 10.1. The van der Waals surface area contributed by atoms with Crippen LogP contribution in [0.15, 0.2) is 76.5 Å². The number of amides is 1. The van der Waals surface area contributed by atoms with Crippen LogP contribution in [0.1, 0.15) is 16.7 Å². The molecule has 0 atom stereocenters. The topological polar surface area (TPSA) is 66.5 Å². The molecule has 0 aliphatic rings. The molecule has 3 rings (SSSR count). The summed E-state index contributed by atoms with van der Waals surface area (Å²) in [4.78, 5) is 14.1. The molecule has 0 fully saturated rings. The van der Waals surface area contributed by atoms with Gasteiger partial charge in [-0.15, -0.1) is 11.8 Å². The molecular weight excluding hydrogens is 428 g/mol. The number of carbonyl (C=O) groups excluding carboxylic acids is 1. The molecule has 0 bridgehead atoms. The number of hydrogen-bond donors (Lipinski definition) is 1. The first-order valence-corrected chi connectivity index (χ1v) is 12.5. The van der Waals surface area contributed by atoms with Crippen molar-refractivity contribution < 1.29 is 13.2 Å². The van der Waals surface area contributed by atoms with Crippen molar-refractivity contribution in [3.05, 3.63) is 83.4 Å². The van der Waals surface area contributed by atoms with E-state index in [1.165, 1.54) is 4.31 Å². The van der Waals surface area contributed by atoms with Gasteiger partial charge in [0, 0.05) is 10.6 Å². The highest BCUT2D eigenvalue weighted by molar-refractivity contribution is 7.98. The summed E-state index contributed by atoms with van der Waals surface area (Å²) in [6, 6.07) is 19.6. The second kappa shape index (κ2) is 9.58. The van der Waals surface area contributed by atoms with Crippen molar-refractivity contribution in [1.82, 2.24) is 0 Å². The number of sulfonamides is 1. The van der Waals surface area contributed by atoms with Gasteiger partial charge in [-0.3, -0.25) is 9.10 Å². The molecule has 0 heterocycles. The van der Waals surface area contributed by atoms with Gasteiger partial charge in [0.15, 0.2) is 0 Å². The zero-order valence-electron chi connectivity index (χ0n) is 18.0. The predicted octanol–water partition coefficient (Wildman–Crippen LogP) is 5.17. The van der Waals surface area contributed by atoms with Crippen LogP contribution in [0.5, 0.6) is 0 Å². The van der Waals surface area contributed by atoms with E-state index in [9.17, 15) is 13.2 Å². The Morgan fingerprint density at radius 3 is 2.32 bits per heavy atom. The summed E-state index contributed by atoms with van der Waals surface area (Å²) in [5, 5.41) is 2.83. The lowest BCUT2D eigenvalue weighted by molar-refractivity contribution is -0.114. The molecule has 1 amide bonds. The van der Waals surface area contributed by atoms with E-state index in [1.54, 1.807) is 54.2 Å². The zero-order valence-corrected chi connectivity index (χ0v) is 19.7. The fourth-order valence-corrected chi connectivity index (χ4v) is 5.11. The molecule has 0 spiro atoms. The Morgan fingerprint density at radius 1 is 0.968 bits per heavy atom. The Kier molecular flexibility index (Phi) is 7.08. The summed E-state index contributed by atoms with van der Waals surface area (Å²) in [5.41, 5.74) is 3.85. The number of thioether (sulfide) groups is 1. The van der Waals surface area contributed by atoms with Crippen molar-refractivity contribution in [3.63, 3.8) is 0 Å². The van der Waals surface area contributed by atoms with Gasteiger partial charge in [-0.2, -0.15) is 0 Å². The second-order valence-electron chi connectivity index (χ2n) is 7.32. The van der Waals surface area contributed by atoms with Crippen molar-refractivity contribution in [2.45, 2.75) is 30.6 Å². The van der Waals surface area contributed by atoms with Gasteiger partial charge in [-0.05, 0) is 74.6 Å². The summed E-state index contributed by atoms with van der Waals surface area (Å²) in [7, 11) is -3.94. The average molecular weight is 455 g/mol. The predicted molar refractivity (Wildman–Crippen MR) is 128 cm³/mol. The highest BCUT2D eigenvalue weighted by Gasteiger charge is 2.28. The second-order valence-corrected chi connectivity index (χ2v) is 10.1. The average Bonchev–Trinajstić information content (AvgIpc) is 2.74.